The Morgan fingerprint density at radius 3 is 2.57 bits per heavy atom. The molecule has 2 aliphatic heterocycles. The Labute approximate surface area is 141 Å². The van der Waals surface area contributed by atoms with Gasteiger partial charge in [0.1, 0.15) is 5.60 Å². The van der Waals surface area contributed by atoms with E-state index in [2.05, 4.69) is 36.1 Å². The quantitative estimate of drug-likeness (QED) is 0.706. The fourth-order valence-electron chi connectivity index (χ4n) is 4.52. The summed E-state index contributed by atoms with van der Waals surface area (Å²) in [4.78, 5) is 2.48. The molecule has 0 saturated carbocycles. The van der Waals surface area contributed by atoms with Crippen LogP contribution < -0.4 is 0 Å². The molecule has 23 heavy (non-hydrogen) atoms. The molecule has 0 radical (unpaired) electrons. The highest BCUT2D eigenvalue weighted by Gasteiger charge is 2.48. The van der Waals surface area contributed by atoms with E-state index < -0.39 is 5.60 Å². The van der Waals surface area contributed by atoms with Crippen LogP contribution >= 0.6 is 0 Å². The van der Waals surface area contributed by atoms with Crippen molar-refractivity contribution in [2.45, 2.75) is 82.8 Å². The number of rotatable bonds is 8. The Morgan fingerprint density at radius 2 is 1.78 bits per heavy atom. The molecule has 0 aliphatic carbocycles. The molecule has 128 valence electrons. The highest BCUT2D eigenvalue weighted by molar-refractivity contribution is 5.30. The molecule has 2 fully saturated rings. The van der Waals surface area contributed by atoms with Crippen LogP contribution in [0.5, 0.6) is 0 Å². The number of hydrogen-bond acceptors (Lipinski definition) is 2. The van der Waals surface area contributed by atoms with Gasteiger partial charge in [-0.15, -0.1) is 0 Å². The third-order valence-electron chi connectivity index (χ3n) is 5.97. The molecule has 2 heteroatoms. The van der Waals surface area contributed by atoms with Crippen molar-refractivity contribution in [1.82, 2.24) is 4.90 Å². The van der Waals surface area contributed by atoms with Gasteiger partial charge in [-0.2, -0.15) is 0 Å². The fourth-order valence-corrected chi connectivity index (χ4v) is 4.52. The summed E-state index contributed by atoms with van der Waals surface area (Å²) < 4.78 is 0. The molecule has 0 bridgehead atoms. The first kappa shape index (κ1) is 17.0. The Balaban J connectivity index is 1.51. The van der Waals surface area contributed by atoms with Gasteiger partial charge in [0.2, 0.25) is 0 Å². The minimum Gasteiger partial charge on any atom is -0.383 e. The van der Waals surface area contributed by atoms with Crippen molar-refractivity contribution in [3.8, 4) is 0 Å². The van der Waals surface area contributed by atoms with Crippen molar-refractivity contribution in [1.29, 1.82) is 0 Å². The monoisotopic (exact) mass is 315 g/mol. The largest absolute Gasteiger partial charge is 0.383 e. The van der Waals surface area contributed by atoms with E-state index in [0.717, 1.165) is 24.9 Å². The molecule has 0 spiro atoms. The molecule has 1 aromatic carbocycles. The lowest BCUT2D eigenvalue weighted by Crippen LogP contribution is -2.38. The van der Waals surface area contributed by atoms with Crippen molar-refractivity contribution in [2.24, 2.45) is 0 Å². The lowest BCUT2D eigenvalue weighted by atomic mass is 9.85. The first-order valence-corrected chi connectivity index (χ1v) is 9.80. The topological polar surface area (TPSA) is 23.5 Å². The summed E-state index contributed by atoms with van der Waals surface area (Å²) in [5.41, 5.74) is 1.96. The van der Waals surface area contributed by atoms with Crippen molar-refractivity contribution >= 4 is 0 Å². The average molecular weight is 316 g/mol. The molecule has 2 aliphatic rings. The second-order valence-corrected chi connectivity index (χ2v) is 7.58. The zero-order valence-electron chi connectivity index (χ0n) is 14.8. The Hall–Kier alpha value is -0.860. The van der Waals surface area contributed by atoms with Gasteiger partial charge in [0.05, 0.1) is 0 Å². The summed E-state index contributed by atoms with van der Waals surface area (Å²) in [7, 11) is 0. The first-order valence-electron chi connectivity index (χ1n) is 9.80. The molecule has 2 nitrogen and oxygen atoms in total. The molecule has 3 rings (SSSR count). The average Bonchev–Trinajstić information content (AvgIpc) is 3.16. The van der Waals surface area contributed by atoms with E-state index in [1.807, 2.05) is 0 Å². The van der Waals surface area contributed by atoms with Crippen molar-refractivity contribution in [2.75, 3.05) is 13.1 Å². The normalized spacial score (nSPS) is 27.5. The standard InChI is InChI=1S/C21H33NO/c1-2-3-4-5-6-7-9-18-11-13-19(14-12-18)21(23)15-17-22-16-8-10-20(21)22/h11-14,20,23H,2-10,15-17H2,1H3/t20?,21-/m1/s1. The van der Waals surface area contributed by atoms with Gasteiger partial charge in [0, 0.05) is 12.6 Å². The summed E-state index contributed by atoms with van der Waals surface area (Å²) in [6.45, 7) is 4.49. The molecule has 2 heterocycles. The molecule has 0 amide bonds. The van der Waals surface area contributed by atoms with E-state index in [1.54, 1.807) is 0 Å². The van der Waals surface area contributed by atoms with E-state index in [1.165, 1.54) is 63.5 Å². The number of hydrogen-bond donors (Lipinski definition) is 1. The van der Waals surface area contributed by atoms with Crippen LogP contribution in [0.3, 0.4) is 0 Å². The van der Waals surface area contributed by atoms with E-state index in [4.69, 9.17) is 0 Å². The number of nitrogens with zero attached hydrogens (tertiary/aromatic N) is 1. The van der Waals surface area contributed by atoms with Crippen molar-refractivity contribution in [3.05, 3.63) is 35.4 Å². The maximum atomic E-state index is 11.2. The van der Waals surface area contributed by atoms with Gasteiger partial charge < -0.3 is 5.11 Å². The number of aryl methyl sites for hydroxylation is 1. The second-order valence-electron chi connectivity index (χ2n) is 7.58. The molecule has 2 saturated heterocycles. The Bertz CT molecular complexity index is 483. The van der Waals surface area contributed by atoms with Gasteiger partial charge in [-0.05, 0) is 49.8 Å². The van der Waals surface area contributed by atoms with Crippen LogP contribution in [0.25, 0.3) is 0 Å². The maximum absolute atomic E-state index is 11.2. The van der Waals surface area contributed by atoms with E-state index in [9.17, 15) is 5.11 Å². The van der Waals surface area contributed by atoms with Gasteiger partial charge in [0.25, 0.3) is 0 Å². The van der Waals surface area contributed by atoms with Crippen LogP contribution in [0.1, 0.15) is 75.8 Å². The van der Waals surface area contributed by atoms with Crippen LogP contribution in [0.4, 0.5) is 0 Å². The highest BCUT2D eigenvalue weighted by Crippen LogP contribution is 2.42. The van der Waals surface area contributed by atoms with Crippen LogP contribution in [0.2, 0.25) is 0 Å². The number of aliphatic hydroxyl groups is 1. The predicted molar refractivity (Wildman–Crippen MR) is 96.6 cm³/mol. The molecule has 1 aromatic rings. The van der Waals surface area contributed by atoms with Gasteiger partial charge in [-0.25, -0.2) is 0 Å². The molecule has 2 atom stereocenters. The molecule has 0 aromatic heterocycles. The summed E-state index contributed by atoms with van der Waals surface area (Å²) in [6.07, 6.45) is 12.6. The molecule has 1 unspecified atom stereocenters. The van der Waals surface area contributed by atoms with Gasteiger partial charge >= 0.3 is 0 Å². The van der Waals surface area contributed by atoms with Crippen molar-refractivity contribution < 1.29 is 5.11 Å². The third kappa shape index (κ3) is 3.80. The fraction of sp³-hybridized carbons (Fsp3) is 0.714. The van der Waals surface area contributed by atoms with Gasteiger partial charge in [-0.1, -0.05) is 63.3 Å². The summed E-state index contributed by atoms with van der Waals surface area (Å²) in [5, 5.41) is 11.2. The van der Waals surface area contributed by atoms with Crippen LogP contribution in [0.15, 0.2) is 24.3 Å². The van der Waals surface area contributed by atoms with Crippen LogP contribution in [0, 0.1) is 0 Å². The van der Waals surface area contributed by atoms with Crippen LogP contribution in [-0.2, 0) is 12.0 Å². The zero-order valence-corrected chi connectivity index (χ0v) is 14.8. The SMILES string of the molecule is CCCCCCCCc1ccc([C@]2(O)CCN3CCCC32)cc1. The maximum Gasteiger partial charge on any atom is 0.106 e. The van der Waals surface area contributed by atoms with E-state index >= 15 is 0 Å². The minimum absolute atomic E-state index is 0.354. The summed E-state index contributed by atoms with van der Waals surface area (Å²) in [5.74, 6) is 0. The van der Waals surface area contributed by atoms with E-state index in [-0.39, 0.29) is 0 Å². The zero-order chi connectivity index (χ0) is 16.1. The lowest BCUT2D eigenvalue weighted by molar-refractivity contribution is 0.00937. The molecular weight excluding hydrogens is 282 g/mol. The Kier molecular flexibility index (Phi) is 5.76. The lowest BCUT2D eigenvalue weighted by Gasteiger charge is -2.30. The smallest absolute Gasteiger partial charge is 0.106 e. The van der Waals surface area contributed by atoms with E-state index in [0.29, 0.717) is 6.04 Å². The van der Waals surface area contributed by atoms with Crippen molar-refractivity contribution in [3.63, 3.8) is 0 Å². The first-order chi connectivity index (χ1) is 11.2. The summed E-state index contributed by atoms with van der Waals surface area (Å²) in [6, 6.07) is 9.23. The molecular formula is C21H33NO. The number of benzene rings is 1. The number of unbranched alkanes of at least 4 members (excludes halogenated alkanes) is 5. The van der Waals surface area contributed by atoms with Gasteiger partial charge in [-0.3, -0.25) is 4.90 Å². The predicted octanol–water partition coefficient (Wildman–Crippen LogP) is 4.65. The van der Waals surface area contributed by atoms with Gasteiger partial charge in [0.15, 0.2) is 0 Å². The summed E-state index contributed by atoms with van der Waals surface area (Å²) >= 11 is 0. The second kappa shape index (κ2) is 7.81. The highest BCUT2D eigenvalue weighted by atomic mass is 16.3. The van der Waals surface area contributed by atoms with Crippen LogP contribution in [-0.4, -0.2) is 29.1 Å². The minimum atomic E-state index is -0.602. The Morgan fingerprint density at radius 1 is 1.04 bits per heavy atom. The molecule has 1 N–H and O–H groups in total. The number of fused-ring (bicyclic) bond motifs is 1. The third-order valence-corrected chi connectivity index (χ3v) is 5.97.